The molecule has 0 radical (unpaired) electrons. The molecule has 0 aliphatic carbocycles. The molecule has 0 fully saturated rings. The molecule has 0 aliphatic heterocycles. The van der Waals surface area contributed by atoms with Crippen molar-refractivity contribution in [3.05, 3.63) is 53.1 Å². The van der Waals surface area contributed by atoms with Crippen LogP contribution in [0.15, 0.2) is 36.4 Å². The summed E-state index contributed by atoms with van der Waals surface area (Å²) < 4.78 is 15.8. The minimum atomic E-state index is -1.08. The van der Waals surface area contributed by atoms with Gasteiger partial charge in [-0.1, -0.05) is 0 Å². The summed E-state index contributed by atoms with van der Waals surface area (Å²) in [5.41, 5.74) is 1.52. The van der Waals surface area contributed by atoms with E-state index in [1.54, 1.807) is 38.3 Å². The highest BCUT2D eigenvalue weighted by Crippen LogP contribution is 2.30. The standard InChI is InChI=1S/C19H21NO6/c1-12-8-13(10-14(9-12)19(22)23)18(21)20-15-4-5-16(25-3)17(11-15)26-7-6-24-2/h4-5,8-11H,6-7H2,1-3H3,(H,20,21)(H,22,23). The topological polar surface area (TPSA) is 94.1 Å². The van der Waals surface area contributed by atoms with Gasteiger partial charge in [0.05, 0.1) is 19.3 Å². The van der Waals surface area contributed by atoms with Crippen LogP contribution in [0, 0.1) is 6.92 Å². The number of anilines is 1. The lowest BCUT2D eigenvalue weighted by Gasteiger charge is -2.13. The number of carboxylic acid groups (broad SMARTS) is 1. The summed E-state index contributed by atoms with van der Waals surface area (Å²) >= 11 is 0. The van der Waals surface area contributed by atoms with Crippen molar-refractivity contribution in [2.24, 2.45) is 0 Å². The fourth-order valence-corrected chi connectivity index (χ4v) is 2.34. The first-order valence-corrected chi connectivity index (χ1v) is 7.90. The van der Waals surface area contributed by atoms with Gasteiger partial charge in [-0.25, -0.2) is 4.79 Å². The molecule has 0 aliphatic rings. The fourth-order valence-electron chi connectivity index (χ4n) is 2.34. The van der Waals surface area contributed by atoms with Crippen molar-refractivity contribution in [2.45, 2.75) is 6.92 Å². The summed E-state index contributed by atoms with van der Waals surface area (Å²) in [6, 6.07) is 9.46. The van der Waals surface area contributed by atoms with Crippen LogP contribution >= 0.6 is 0 Å². The number of carbonyl (C=O) groups is 2. The summed E-state index contributed by atoms with van der Waals surface area (Å²) in [5.74, 6) is -0.495. The van der Waals surface area contributed by atoms with Gasteiger partial charge in [-0.15, -0.1) is 0 Å². The van der Waals surface area contributed by atoms with Crippen LogP contribution in [0.25, 0.3) is 0 Å². The molecule has 2 rings (SSSR count). The van der Waals surface area contributed by atoms with E-state index in [2.05, 4.69) is 5.32 Å². The van der Waals surface area contributed by atoms with E-state index in [0.29, 0.717) is 36.0 Å². The lowest BCUT2D eigenvalue weighted by atomic mass is 10.1. The van der Waals surface area contributed by atoms with Gasteiger partial charge in [-0.3, -0.25) is 4.79 Å². The Bertz CT molecular complexity index is 803. The number of ether oxygens (including phenoxy) is 3. The minimum Gasteiger partial charge on any atom is -0.493 e. The summed E-state index contributed by atoms with van der Waals surface area (Å²) in [4.78, 5) is 23.6. The van der Waals surface area contributed by atoms with Crippen molar-refractivity contribution >= 4 is 17.6 Å². The van der Waals surface area contributed by atoms with Crippen LogP contribution in [0.2, 0.25) is 0 Å². The van der Waals surface area contributed by atoms with Crippen molar-refractivity contribution in [1.29, 1.82) is 0 Å². The van der Waals surface area contributed by atoms with Crippen LogP contribution in [0.1, 0.15) is 26.3 Å². The van der Waals surface area contributed by atoms with E-state index in [1.165, 1.54) is 19.2 Å². The van der Waals surface area contributed by atoms with Crippen LogP contribution in [-0.2, 0) is 4.74 Å². The normalized spacial score (nSPS) is 10.3. The molecule has 0 bridgehead atoms. The van der Waals surface area contributed by atoms with Gasteiger partial charge in [0.15, 0.2) is 11.5 Å². The quantitative estimate of drug-likeness (QED) is 0.704. The number of nitrogens with one attached hydrogen (secondary N) is 1. The monoisotopic (exact) mass is 359 g/mol. The van der Waals surface area contributed by atoms with Gasteiger partial charge in [-0.05, 0) is 42.8 Å². The predicted molar refractivity (Wildman–Crippen MR) is 96.5 cm³/mol. The van der Waals surface area contributed by atoms with Crippen LogP contribution in [0.5, 0.6) is 11.5 Å². The molecule has 2 aromatic rings. The number of carbonyl (C=O) groups excluding carboxylic acids is 1. The number of methoxy groups -OCH3 is 2. The Morgan fingerprint density at radius 1 is 1.00 bits per heavy atom. The number of aromatic carboxylic acids is 1. The summed E-state index contributed by atoms with van der Waals surface area (Å²) in [5, 5.41) is 11.9. The van der Waals surface area contributed by atoms with E-state index in [0.717, 1.165) is 0 Å². The molecule has 0 aromatic heterocycles. The molecule has 26 heavy (non-hydrogen) atoms. The lowest BCUT2D eigenvalue weighted by Crippen LogP contribution is -2.13. The first-order chi connectivity index (χ1) is 12.4. The third-order valence-electron chi connectivity index (χ3n) is 3.55. The number of rotatable bonds is 8. The maximum absolute atomic E-state index is 12.5. The molecule has 0 atom stereocenters. The maximum Gasteiger partial charge on any atom is 0.335 e. The Labute approximate surface area is 151 Å². The third kappa shape index (κ3) is 4.97. The number of hydrogen-bond acceptors (Lipinski definition) is 5. The van der Waals surface area contributed by atoms with E-state index < -0.39 is 11.9 Å². The van der Waals surface area contributed by atoms with Gasteiger partial charge < -0.3 is 24.6 Å². The Balaban J connectivity index is 2.20. The number of benzene rings is 2. The van der Waals surface area contributed by atoms with Crippen LogP contribution < -0.4 is 14.8 Å². The Morgan fingerprint density at radius 3 is 2.38 bits per heavy atom. The average molecular weight is 359 g/mol. The molecule has 7 heteroatoms. The van der Waals surface area contributed by atoms with E-state index >= 15 is 0 Å². The van der Waals surface area contributed by atoms with E-state index in [9.17, 15) is 9.59 Å². The molecule has 1 amide bonds. The molecule has 0 unspecified atom stereocenters. The first-order valence-electron chi connectivity index (χ1n) is 7.90. The first kappa shape index (κ1) is 19.3. The van der Waals surface area contributed by atoms with Gasteiger partial charge in [0.25, 0.3) is 5.91 Å². The zero-order chi connectivity index (χ0) is 19.1. The highest BCUT2D eigenvalue weighted by atomic mass is 16.5. The van der Waals surface area contributed by atoms with E-state index in [-0.39, 0.29) is 11.1 Å². The van der Waals surface area contributed by atoms with Gasteiger partial charge in [-0.2, -0.15) is 0 Å². The minimum absolute atomic E-state index is 0.0634. The summed E-state index contributed by atoms with van der Waals surface area (Å²) in [6.07, 6.45) is 0. The lowest BCUT2D eigenvalue weighted by molar-refractivity contribution is 0.0696. The Hall–Kier alpha value is -3.06. The molecule has 2 N–H and O–H groups in total. The van der Waals surface area contributed by atoms with Crippen molar-refractivity contribution in [3.63, 3.8) is 0 Å². The number of aryl methyl sites for hydroxylation is 1. The van der Waals surface area contributed by atoms with Gasteiger partial charge in [0.1, 0.15) is 6.61 Å². The number of carboxylic acids is 1. The number of amides is 1. The fraction of sp³-hybridized carbons (Fsp3) is 0.263. The number of hydrogen-bond donors (Lipinski definition) is 2. The molecule has 2 aromatic carbocycles. The molecular weight excluding hydrogens is 338 g/mol. The van der Waals surface area contributed by atoms with Gasteiger partial charge >= 0.3 is 5.97 Å². The maximum atomic E-state index is 12.5. The largest absolute Gasteiger partial charge is 0.493 e. The zero-order valence-electron chi connectivity index (χ0n) is 14.9. The second-order valence-corrected chi connectivity index (χ2v) is 5.55. The van der Waals surface area contributed by atoms with Crippen molar-refractivity contribution in [1.82, 2.24) is 0 Å². The summed E-state index contributed by atoms with van der Waals surface area (Å²) in [7, 11) is 3.10. The molecule has 138 valence electrons. The van der Waals surface area contributed by atoms with Crippen LogP contribution in [0.4, 0.5) is 5.69 Å². The van der Waals surface area contributed by atoms with E-state index in [1.807, 2.05) is 0 Å². The SMILES string of the molecule is COCCOc1cc(NC(=O)c2cc(C)cc(C(=O)O)c2)ccc1OC. The van der Waals surface area contributed by atoms with Crippen molar-refractivity contribution < 1.29 is 28.9 Å². The zero-order valence-corrected chi connectivity index (χ0v) is 14.9. The molecule has 7 nitrogen and oxygen atoms in total. The van der Waals surface area contributed by atoms with E-state index in [4.69, 9.17) is 19.3 Å². The average Bonchev–Trinajstić information content (AvgIpc) is 2.61. The smallest absolute Gasteiger partial charge is 0.335 e. The van der Waals surface area contributed by atoms with Gasteiger partial charge in [0.2, 0.25) is 0 Å². The molecule has 0 saturated heterocycles. The highest BCUT2D eigenvalue weighted by molar-refractivity contribution is 6.05. The summed E-state index contributed by atoms with van der Waals surface area (Å²) in [6.45, 7) is 2.49. The van der Waals surface area contributed by atoms with Gasteiger partial charge in [0, 0.05) is 24.4 Å². The highest BCUT2D eigenvalue weighted by Gasteiger charge is 2.13. The Kier molecular flexibility index (Phi) is 6.57. The molecule has 0 saturated carbocycles. The van der Waals surface area contributed by atoms with Crippen molar-refractivity contribution in [2.75, 3.05) is 32.8 Å². The van der Waals surface area contributed by atoms with Crippen molar-refractivity contribution in [3.8, 4) is 11.5 Å². The second-order valence-electron chi connectivity index (χ2n) is 5.55. The van der Waals surface area contributed by atoms with Crippen LogP contribution in [0.3, 0.4) is 0 Å². The molecule has 0 heterocycles. The second kappa shape index (κ2) is 8.87. The molecule has 0 spiro atoms. The molecular formula is C19H21NO6. The predicted octanol–water partition coefficient (Wildman–Crippen LogP) is 2.98. The van der Waals surface area contributed by atoms with Crippen LogP contribution in [-0.4, -0.2) is 44.4 Å². The third-order valence-corrected chi connectivity index (χ3v) is 3.55. The Morgan fingerprint density at radius 2 is 1.73 bits per heavy atom.